The van der Waals surface area contributed by atoms with Crippen LogP contribution in [0.4, 0.5) is 5.69 Å². The summed E-state index contributed by atoms with van der Waals surface area (Å²) in [4.78, 5) is 16.7. The topological polar surface area (TPSA) is 67.2 Å². The molecule has 0 saturated carbocycles. The summed E-state index contributed by atoms with van der Waals surface area (Å²) >= 11 is 11.1. The van der Waals surface area contributed by atoms with Gasteiger partial charge in [0.15, 0.2) is 10.7 Å². The number of fused-ring (bicyclic) bond motifs is 1. The van der Waals surface area contributed by atoms with Crippen LogP contribution in [0.15, 0.2) is 71.2 Å². The number of carbonyl (C=O) groups is 1. The SMILES string of the molecule is Cc1ccc(-c2nc3cc(NC(=S)NC(=O)C=Cc4ccc(Cl)cc4)ccc3o2)cc1C. The van der Waals surface area contributed by atoms with Gasteiger partial charge in [0.1, 0.15) is 5.52 Å². The van der Waals surface area contributed by atoms with E-state index in [0.717, 1.165) is 11.1 Å². The highest BCUT2D eigenvalue weighted by atomic mass is 35.5. The van der Waals surface area contributed by atoms with Crippen LogP contribution in [0.25, 0.3) is 28.6 Å². The summed E-state index contributed by atoms with van der Waals surface area (Å²) in [6.45, 7) is 4.13. The molecular weight excluding hydrogens is 442 g/mol. The number of rotatable bonds is 4. The highest BCUT2D eigenvalue weighted by Gasteiger charge is 2.10. The average Bonchev–Trinajstić information content (AvgIpc) is 3.18. The zero-order chi connectivity index (χ0) is 22.7. The number of aromatic nitrogens is 1. The lowest BCUT2D eigenvalue weighted by molar-refractivity contribution is -0.115. The first-order chi connectivity index (χ1) is 15.4. The van der Waals surface area contributed by atoms with Gasteiger partial charge in [-0.2, -0.15) is 0 Å². The molecule has 4 rings (SSSR count). The fraction of sp³-hybridized carbons (Fsp3) is 0.0800. The Hall–Kier alpha value is -3.48. The average molecular weight is 462 g/mol. The molecule has 0 bridgehead atoms. The molecule has 160 valence electrons. The quantitative estimate of drug-likeness (QED) is 0.276. The smallest absolute Gasteiger partial charge is 0.250 e. The molecule has 0 atom stereocenters. The van der Waals surface area contributed by atoms with E-state index < -0.39 is 0 Å². The van der Waals surface area contributed by atoms with Gasteiger partial charge in [-0.15, -0.1) is 0 Å². The highest BCUT2D eigenvalue weighted by molar-refractivity contribution is 7.80. The molecule has 1 amide bonds. The third-order valence-electron chi connectivity index (χ3n) is 4.93. The number of oxazole rings is 1. The Morgan fingerprint density at radius 1 is 1.03 bits per heavy atom. The molecule has 0 aliphatic carbocycles. The number of halogens is 1. The van der Waals surface area contributed by atoms with Crippen LogP contribution in [0.1, 0.15) is 16.7 Å². The second-order valence-corrected chi connectivity index (χ2v) is 8.17. The molecule has 2 N–H and O–H groups in total. The van der Waals surface area contributed by atoms with E-state index >= 15 is 0 Å². The number of carbonyl (C=O) groups excluding carboxylic acids is 1. The van der Waals surface area contributed by atoms with E-state index in [0.29, 0.717) is 27.7 Å². The molecule has 0 spiro atoms. The normalized spacial score (nSPS) is 11.1. The van der Waals surface area contributed by atoms with Crippen LogP contribution < -0.4 is 10.6 Å². The minimum Gasteiger partial charge on any atom is -0.436 e. The molecule has 1 heterocycles. The summed E-state index contributed by atoms with van der Waals surface area (Å²) in [5, 5.41) is 6.46. The van der Waals surface area contributed by atoms with E-state index in [4.69, 9.17) is 28.2 Å². The molecule has 0 aliphatic rings. The van der Waals surface area contributed by atoms with Crippen LogP contribution in [0.5, 0.6) is 0 Å². The Labute approximate surface area is 196 Å². The Kier molecular flexibility index (Phi) is 6.35. The molecule has 0 aliphatic heterocycles. The van der Waals surface area contributed by atoms with Crippen LogP contribution in [0, 0.1) is 13.8 Å². The molecule has 1 aromatic heterocycles. The maximum atomic E-state index is 12.1. The summed E-state index contributed by atoms with van der Waals surface area (Å²) in [5.41, 5.74) is 6.25. The lowest BCUT2D eigenvalue weighted by atomic mass is 10.1. The van der Waals surface area contributed by atoms with E-state index in [1.807, 2.05) is 36.4 Å². The monoisotopic (exact) mass is 461 g/mol. The lowest BCUT2D eigenvalue weighted by Crippen LogP contribution is -2.32. The molecular formula is C25H20ClN3O2S. The van der Waals surface area contributed by atoms with E-state index in [-0.39, 0.29) is 11.0 Å². The maximum Gasteiger partial charge on any atom is 0.250 e. The molecule has 5 nitrogen and oxygen atoms in total. The van der Waals surface area contributed by atoms with Gasteiger partial charge in [0, 0.05) is 22.3 Å². The summed E-state index contributed by atoms with van der Waals surface area (Å²) < 4.78 is 5.90. The number of nitrogens with zero attached hydrogens (tertiary/aromatic N) is 1. The third kappa shape index (κ3) is 5.22. The Balaban J connectivity index is 1.42. The van der Waals surface area contributed by atoms with Crippen molar-refractivity contribution in [2.24, 2.45) is 0 Å². The van der Waals surface area contributed by atoms with Crippen molar-refractivity contribution in [2.75, 3.05) is 5.32 Å². The first kappa shape index (κ1) is 21.7. The van der Waals surface area contributed by atoms with Crippen molar-refractivity contribution < 1.29 is 9.21 Å². The van der Waals surface area contributed by atoms with Crippen molar-refractivity contribution in [3.8, 4) is 11.5 Å². The summed E-state index contributed by atoms with van der Waals surface area (Å²) in [5.74, 6) is 0.223. The van der Waals surface area contributed by atoms with Gasteiger partial charge in [-0.1, -0.05) is 29.8 Å². The number of aryl methyl sites for hydroxylation is 2. The minimum absolute atomic E-state index is 0.188. The Morgan fingerprint density at radius 3 is 2.56 bits per heavy atom. The van der Waals surface area contributed by atoms with Gasteiger partial charge in [0.25, 0.3) is 0 Å². The first-order valence-corrected chi connectivity index (χ1v) is 10.7. The number of anilines is 1. The van der Waals surface area contributed by atoms with Gasteiger partial charge in [-0.3, -0.25) is 10.1 Å². The van der Waals surface area contributed by atoms with E-state index in [2.05, 4.69) is 41.6 Å². The van der Waals surface area contributed by atoms with E-state index in [1.165, 1.54) is 17.2 Å². The van der Waals surface area contributed by atoms with Crippen molar-refractivity contribution in [3.05, 3.63) is 88.5 Å². The number of nitrogens with one attached hydrogen (secondary N) is 2. The van der Waals surface area contributed by atoms with Gasteiger partial charge in [0.05, 0.1) is 0 Å². The summed E-state index contributed by atoms with van der Waals surface area (Å²) in [6, 6.07) is 18.7. The predicted molar refractivity (Wildman–Crippen MR) is 134 cm³/mol. The number of amides is 1. The zero-order valence-corrected chi connectivity index (χ0v) is 19.1. The van der Waals surface area contributed by atoms with Crippen molar-refractivity contribution >= 4 is 57.7 Å². The van der Waals surface area contributed by atoms with Crippen molar-refractivity contribution in [1.29, 1.82) is 0 Å². The predicted octanol–water partition coefficient (Wildman–Crippen LogP) is 6.29. The zero-order valence-electron chi connectivity index (χ0n) is 17.5. The Bertz CT molecular complexity index is 1340. The van der Waals surface area contributed by atoms with Gasteiger partial charge in [-0.05, 0) is 91.3 Å². The lowest BCUT2D eigenvalue weighted by Gasteiger charge is -2.07. The van der Waals surface area contributed by atoms with E-state index in [1.54, 1.807) is 18.2 Å². The number of hydrogen-bond donors (Lipinski definition) is 2. The first-order valence-electron chi connectivity index (χ1n) is 9.91. The van der Waals surface area contributed by atoms with Crippen molar-refractivity contribution in [2.45, 2.75) is 13.8 Å². The van der Waals surface area contributed by atoms with Gasteiger partial charge in [0.2, 0.25) is 11.8 Å². The number of thiocarbonyl (C=S) groups is 1. The third-order valence-corrected chi connectivity index (χ3v) is 5.39. The fourth-order valence-electron chi connectivity index (χ4n) is 3.06. The molecule has 3 aromatic carbocycles. The number of benzene rings is 3. The molecule has 0 unspecified atom stereocenters. The molecule has 4 aromatic rings. The fourth-order valence-corrected chi connectivity index (χ4v) is 3.41. The second kappa shape index (κ2) is 9.34. The maximum absolute atomic E-state index is 12.1. The molecule has 0 fully saturated rings. The molecule has 0 radical (unpaired) electrons. The largest absolute Gasteiger partial charge is 0.436 e. The standard InChI is InChI=1S/C25H20ClN3O2S/c1-15-3-7-18(13-16(15)2)24-28-21-14-20(10-11-22(21)31-24)27-25(32)29-23(30)12-6-17-4-8-19(26)9-5-17/h3-14H,1-2H3,(H2,27,29,30,32). The highest BCUT2D eigenvalue weighted by Crippen LogP contribution is 2.27. The van der Waals surface area contributed by atoms with Gasteiger partial charge < -0.3 is 9.73 Å². The summed E-state index contributed by atoms with van der Waals surface area (Å²) in [7, 11) is 0. The van der Waals surface area contributed by atoms with Crippen LogP contribution in [0.2, 0.25) is 5.02 Å². The van der Waals surface area contributed by atoms with Crippen molar-refractivity contribution in [1.82, 2.24) is 10.3 Å². The van der Waals surface area contributed by atoms with Crippen LogP contribution in [-0.4, -0.2) is 16.0 Å². The molecule has 7 heteroatoms. The van der Waals surface area contributed by atoms with Gasteiger partial charge >= 0.3 is 0 Å². The minimum atomic E-state index is -0.336. The number of hydrogen-bond acceptors (Lipinski definition) is 4. The van der Waals surface area contributed by atoms with Gasteiger partial charge in [-0.25, -0.2) is 4.98 Å². The van der Waals surface area contributed by atoms with Crippen LogP contribution in [0.3, 0.4) is 0 Å². The molecule has 0 saturated heterocycles. The summed E-state index contributed by atoms with van der Waals surface area (Å²) in [6.07, 6.45) is 3.10. The van der Waals surface area contributed by atoms with Crippen molar-refractivity contribution in [3.63, 3.8) is 0 Å². The van der Waals surface area contributed by atoms with Crippen LogP contribution in [-0.2, 0) is 4.79 Å². The van der Waals surface area contributed by atoms with Crippen LogP contribution >= 0.6 is 23.8 Å². The van der Waals surface area contributed by atoms with E-state index in [9.17, 15) is 4.79 Å². The molecule has 32 heavy (non-hydrogen) atoms. The Morgan fingerprint density at radius 2 is 1.81 bits per heavy atom. The second-order valence-electron chi connectivity index (χ2n) is 7.33.